The predicted octanol–water partition coefficient (Wildman–Crippen LogP) is 6.36. The van der Waals surface area contributed by atoms with Crippen molar-refractivity contribution in [3.63, 3.8) is 0 Å². The number of anilines is 1. The number of azo groups is 2. The molecule has 0 aliphatic rings. The molecule has 0 fully saturated rings. The monoisotopic (exact) mass is 677 g/mol. The topological polar surface area (TPSA) is 208 Å². The number of carbonyl (C=O) groups is 1. The van der Waals surface area contributed by atoms with Crippen LogP contribution in [0.4, 0.5) is 28.4 Å². The molecule has 17 heteroatoms. The molecule has 0 spiro atoms. The molecule has 5 aromatic rings. The molecule has 2 radical (unpaired) electrons. The summed E-state index contributed by atoms with van der Waals surface area (Å²) in [6, 6.07) is 25.1. The van der Waals surface area contributed by atoms with E-state index < -0.39 is 42.5 Å². The Morgan fingerprint density at radius 2 is 1.15 bits per heavy atom. The summed E-state index contributed by atoms with van der Waals surface area (Å²) in [5, 5.41) is 29.9. The molecule has 0 heterocycles. The Hall–Kier alpha value is -3.35. The van der Waals surface area contributed by atoms with Crippen LogP contribution in [0.2, 0.25) is 0 Å². The third-order valence-corrected chi connectivity index (χ3v) is 7.89. The molecule has 5 rings (SSSR count). The summed E-state index contributed by atoms with van der Waals surface area (Å²) in [7, 11) is -9.18. The van der Waals surface area contributed by atoms with Crippen molar-refractivity contribution in [2.24, 2.45) is 20.5 Å². The zero-order valence-corrected chi connectivity index (χ0v) is 29.9. The smallest absolute Gasteiger partial charge is 0.296 e. The molecule has 224 valence electrons. The van der Waals surface area contributed by atoms with Crippen LogP contribution in [0.5, 0.6) is 5.75 Å². The average Bonchev–Trinajstić information content (AvgIpc) is 2.99. The Labute approximate surface area is 307 Å². The molecule has 5 aromatic carbocycles. The molecule has 46 heavy (non-hydrogen) atoms. The summed E-state index contributed by atoms with van der Waals surface area (Å²) < 4.78 is 65.7. The van der Waals surface area contributed by atoms with Crippen molar-refractivity contribution < 1.29 is 35.8 Å². The molecule has 1 amide bonds. The van der Waals surface area contributed by atoms with Crippen LogP contribution in [0.15, 0.2) is 133 Å². The Morgan fingerprint density at radius 3 is 1.67 bits per heavy atom. The van der Waals surface area contributed by atoms with Gasteiger partial charge >= 0.3 is 0 Å². The number of phenolic OH excluding ortho intramolecular Hbond substituents is 1. The van der Waals surface area contributed by atoms with Crippen LogP contribution < -0.4 is 5.32 Å². The Bertz CT molecular complexity index is 2160. The number of phenols is 1. The molecule has 0 atom stereocenters. The first-order valence-corrected chi connectivity index (χ1v) is 15.4. The van der Waals surface area contributed by atoms with Crippen molar-refractivity contribution in [3.8, 4) is 5.75 Å². The van der Waals surface area contributed by atoms with Crippen LogP contribution >= 0.6 is 0 Å². The predicted molar refractivity (Wildman–Crippen MR) is 172 cm³/mol. The minimum Gasteiger partial charge on any atom is -0.505 e. The molecule has 0 saturated heterocycles. The van der Waals surface area contributed by atoms with Crippen LogP contribution in [0.3, 0.4) is 0 Å². The van der Waals surface area contributed by atoms with Gasteiger partial charge in [0.25, 0.3) is 26.1 Å². The number of nitrogens with one attached hydrogen (secondary N) is 1. The number of benzene rings is 5. The van der Waals surface area contributed by atoms with E-state index in [0.717, 1.165) is 6.07 Å². The van der Waals surface area contributed by atoms with Crippen molar-refractivity contribution in [2.75, 3.05) is 5.32 Å². The third kappa shape index (κ3) is 9.13. The Balaban J connectivity index is 0.00000288. The molecular formula is C29H21N5Na2O8S2. The van der Waals surface area contributed by atoms with Gasteiger partial charge in [-0.25, -0.2) is 0 Å². The number of hydrogen-bond acceptors (Lipinski definition) is 10. The molecule has 0 aliphatic heterocycles. The van der Waals surface area contributed by atoms with E-state index in [-0.39, 0.29) is 80.5 Å². The Morgan fingerprint density at radius 1 is 0.630 bits per heavy atom. The maximum absolute atomic E-state index is 12.5. The minimum absolute atomic E-state index is 0. The van der Waals surface area contributed by atoms with Gasteiger partial charge in [-0.3, -0.25) is 13.9 Å². The van der Waals surface area contributed by atoms with Gasteiger partial charge in [0.15, 0.2) is 5.75 Å². The molecule has 0 aromatic heterocycles. The number of nitrogens with zero attached hydrogens (tertiary/aromatic N) is 4. The number of carbonyl (C=O) groups excluding carboxylic acids is 1. The van der Waals surface area contributed by atoms with E-state index in [1.807, 2.05) is 0 Å². The van der Waals surface area contributed by atoms with Gasteiger partial charge in [0, 0.05) is 75.8 Å². The number of hydrogen-bond donors (Lipinski definition) is 4. The van der Waals surface area contributed by atoms with E-state index >= 15 is 0 Å². The van der Waals surface area contributed by atoms with Crippen molar-refractivity contribution in [2.45, 2.75) is 9.79 Å². The fourth-order valence-electron chi connectivity index (χ4n) is 4.01. The summed E-state index contributed by atoms with van der Waals surface area (Å²) >= 11 is 0. The van der Waals surface area contributed by atoms with Crippen LogP contribution in [0.25, 0.3) is 10.8 Å². The van der Waals surface area contributed by atoms with Gasteiger partial charge in [-0.15, -0.1) is 5.11 Å². The third-order valence-electron chi connectivity index (χ3n) is 6.15. The zero-order valence-electron chi connectivity index (χ0n) is 24.3. The van der Waals surface area contributed by atoms with Gasteiger partial charge in [-0.05, 0) is 90.3 Å². The largest absolute Gasteiger partial charge is 0.505 e. The SMILES string of the molecule is O=C(Nc1ccc2c(O)c(N=Nc3ccc(N=Nc4ccc(S(=O)(=O)O)cc4)cc3)c(S(=O)(=O)O)cc2c1)c1ccccc1.[Na].[Na]. The Kier molecular flexibility index (Phi) is 12.5. The van der Waals surface area contributed by atoms with E-state index in [2.05, 4.69) is 25.8 Å². The van der Waals surface area contributed by atoms with E-state index in [1.165, 1.54) is 66.7 Å². The van der Waals surface area contributed by atoms with Gasteiger partial charge in [0.1, 0.15) is 10.6 Å². The zero-order chi connectivity index (χ0) is 31.5. The minimum atomic E-state index is -4.86. The molecule has 0 bridgehead atoms. The molecule has 4 N–H and O–H groups in total. The van der Waals surface area contributed by atoms with Crippen molar-refractivity contribution >= 4 is 124 Å². The first-order chi connectivity index (χ1) is 20.9. The van der Waals surface area contributed by atoms with E-state index in [9.17, 15) is 31.3 Å². The fourth-order valence-corrected chi connectivity index (χ4v) is 5.15. The van der Waals surface area contributed by atoms with Crippen molar-refractivity contribution in [1.82, 2.24) is 0 Å². The first kappa shape index (κ1) is 37.1. The van der Waals surface area contributed by atoms with E-state index in [0.29, 0.717) is 22.6 Å². The van der Waals surface area contributed by atoms with Gasteiger partial charge < -0.3 is 10.4 Å². The first-order valence-electron chi connectivity index (χ1n) is 12.5. The van der Waals surface area contributed by atoms with Gasteiger partial charge in [0.2, 0.25) is 0 Å². The average molecular weight is 678 g/mol. The van der Waals surface area contributed by atoms with Crippen LogP contribution in [-0.2, 0) is 20.2 Å². The molecule has 0 saturated carbocycles. The second-order valence-electron chi connectivity index (χ2n) is 9.19. The number of fused-ring (bicyclic) bond motifs is 1. The molecule has 0 aliphatic carbocycles. The van der Waals surface area contributed by atoms with Crippen LogP contribution in [0, 0.1) is 0 Å². The maximum Gasteiger partial charge on any atom is 0.296 e. The second kappa shape index (κ2) is 15.5. The van der Waals surface area contributed by atoms with Crippen LogP contribution in [0.1, 0.15) is 10.4 Å². The maximum atomic E-state index is 12.5. The van der Waals surface area contributed by atoms with Gasteiger partial charge in [-0.2, -0.15) is 32.2 Å². The van der Waals surface area contributed by atoms with Gasteiger partial charge in [-0.1, -0.05) is 18.2 Å². The summed E-state index contributed by atoms with van der Waals surface area (Å²) in [6.45, 7) is 0. The summed E-state index contributed by atoms with van der Waals surface area (Å²) in [5.74, 6) is -0.943. The van der Waals surface area contributed by atoms with E-state index in [4.69, 9.17) is 4.55 Å². The van der Waals surface area contributed by atoms with Crippen LogP contribution in [-0.4, -0.2) is 96.1 Å². The van der Waals surface area contributed by atoms with Crippen molar-refractivity contribution in [3.05, 3.63) is 109 Å². The normalized spacial score (nSPS) is 11.7. The molecular weight excluding hydrogens is 656 g/mol. The van der Waals surface area contributed by atoms with Gasteiger partial charge in [0.05, 0.1) is 22.0 Å². The number of rotatable bonds is 8. The fraction of sp³-hybridized carbons (Fsp3) is 0. The van der Waals surface area contributed by atoms with Crippen molar-refractivity contribution in [1.29, 1.82) is 0 Å². The quantitative estimate of drug-likeness (QED) is 0.0823. The standard InChI is InChI=1S/C29H21N5O8S2.2Na/c35-28-25-15-12-23(30-29(36)18-4-2-1-3-5-18)16-19(25)17-26(44(40,41)42)27(28)34-33-21-8-6-20(7-9-21)31-32-22-10-13-24(14-11-22)43(37,38)39;;/h1-17,35H,(H,30,36)(H,37,38,39)(H,40,41,42);;. The number of aromatic hydroxyl groups is 1. The van der Waals surface area contributed by atoms with E-state index in [1.54, 1.807) is 30.3 Å². The second-order valence-corrected chi connectivity index (χ2v) is 12.0. The summed E-state index contributed by atoms with van der Waals surface area (Å²) in [5.41, 5.74) is 1.23. The summed E-state index contributed by atoms with van der Waals surface area (Å²) in [6.07, 6.45) is 0. The summed E-state index contributed by atoms with van der Waals surface area (Å²) in [4.78, 5) is 11.5. The number of amides is 1. The molecule has 13 nitrogen and oxygen atoms in total. The molecule has 0 unspecified atom stereocenters.